The van der Waals surface area contributed by atoms with Gasteiger partial charge in [0.25, 0.3) is 5.56 Å². The van der Waals surface area contributed by atoms with Gasteiger partial charge in [-0.2, -0.15) is 0 Å². The van der Waals surface area contributed by atoms with Gasteiger partial charge in [0.15, 0.2) is 0 Å². The molecule has 25 heavy (non-hydrogen) atoms. The van der Waals surface area contributed by atoms with Crippen molar-refractivity contribution in [2.75, 3.05) is 26.2 Å². The third kappa shape index (κ3) is 3.77. The lowest BCUT2D eigenvalue weighted by molar-refractivity contribution is 0.185. The molecule has 0 saturated carbocycles. The van der Waals surface area contributed by atoms with Gasteiger partial charge >= 0.3 is 0 Å². The number of rotatable bonds is 5. The van der Waals surface area contributed by atoms with Crippen LogP contribution in [-0.2, 0) is 6.54 Å². The van der Waals surface area contributed by atoms with Crippen molar-refractivity contribution in [3.05, 3.63) is 39.9 Å². The van der Waals surface area contributed by atoms with E-state index in [2.05, 4.69) is 17.1 Å². The highest BCUT2D eigenvalue weighted by Gasteiger charge is 2.25. The summed E-state index contributed by atoms with van der Waals surface area (Å²) in [6.07, 6.45) is 3.26. The molecule has 1 aromatic carbocycles. The lowest BCUT2D eigenvalue weighted by atomic mass is 10.1. The molecule has 136 valence electrons. The highest BCUT2D eigenvalue weighted by Crippen LogP contribution is 2.26. The minimum absolute atomic E-state index is 0.0975. The summed E-state index contributed by atoms with van der Waals surface area (Å²) in [5, 5.41) is 4.21. The maximum Gasteiger partial charge on any atom is 0.261 e. The minimum atomic E-state index is 0.0975. The summed E-state index contributed by atoms with van der Waals surface area (Å²) in [5.74, 6) is 0.938. The Bertz CT molecular complexity index is 775. The summed E-state index contributed by atoms with van der Waals surface area (Å²) in [4.78, 5) is 20.6. The van der Waals surface area contributed by atoms with Crippen LogP contribution in [0.4, 0.5) is 0 Å². The summed E-state index contributed by atoms with van der Waals surface area (Å²) in [6, 6.07) is 6.20. The standard InChI is InChI=1S/C20H30N4O/c1-4-7-18(23-12-6-10-21-11-13-23)19-22-17-9-8-15(3)14-16(17)20(25)24(19)5-2/h8-9,14,18,21H,4-7,10-13H2,1-3H3. The Balaban J connectivity index is 2.12. The van der Waals surface area contributed by atoms with Crippen molar-refractivity contribution in [2.24, 2.45) is 0 Å². The monoisotopic (exact) mass is 342 g/mol. The first-order chi connectivity index (χ1) is 12.2. The molecule has 1 N–H and O–H groups in total. The minimum Gasteiger partial charge on any atom is -0.315 e. The molecule has 1 aliphatic rings. The Kier molecular flexibility index (Phi) is 5.86. The van der Waals surface area contributed by atoms with Crippen molar-refractivity contribution >= 4 is 10.9 Å². The van der Waals surface area contributed by atoms with Crippen molar-refractivity contribution in [3.63, 3.8) is 0 Å². The molecule has 1 unspecified atom stereocenters. The molecule has 2 aromatic rings. The van der Waals surface area contributed by atoms with Gasteiger partial charge < -0.3 is 5.32 Å². The first kappa shape index (κ1) is 18.1. The molecule has 5 heteroatoms. The van der Waals surface area contributed by atoms with Crippen LogP contribution >= 0.6 is 0 Å². The molecule has 1 fully saturated rings. The first-order valence-electron chi connectivity index (χ1n) is 9.61. The van der Waals surface area contributed by atoms with Crippen LogP contribution < -0.4 is 10.9 Å². The van der Waals surface area contributed by atoms with Gasteiger partial charge in [0.05, 0.1) is 16.9 Å². The zero-order valence-electron chi connectivity index (χ0n) is 15.7. The Morgan fingerprint density at radius 3 is 2.84 bits per heavy atom. The number of hydrogen-bond acceptors (Lipinski definition) is 4. The van der Waals surface area contributed by atoms with Crippen LogP contribution in [-0.4, -0.2) is 40.6 Å². The zero-order valence-corrected chi connectivity index (χ0v) is 15.7. The molecule has 1 aromatic heterocycles. The summed E-state index contributed by atoms with van der Waals surface area (Å²) in [6.45, 7) is 11.1. The van der Waals surface area contributed by atoms with Crippen molar-refractivity contribution in [1.82, 2.24) is 19.8 Å². The molecule has 3 rings (SSSR count). The number of aryl methyl sites for hydroxylation is 1. The average molecular weight is 342 g/mol. The van der Waals surface area contributed by atoms with E-state index < -0.39 is 0 Å². The highest BCUT2D eigenvalue weighted by molar-refractivity contribution is 5.78. The number of nitrogens with one attached hydrogen (secondary N) is 1. The highest BCUT2D eigenvalue weighted by atomic mass is 16.1. The van der Waals surface area contributed by atoms with Gasteiger partial charge in [-0.1, -0.05) is 25.0 Å². The smallest absolute Gasteiger partial charge is 0.261 e. The van der Waals surface area contributed by atoms with Crippen LogP contribution in [0.5, 0.6) is 0 Å². The van der Waals surface area contributed by atoms with Gasteiger partial charge in [-0.05, 0) is 45.4 Å². The van der Waals surface area contributed by atoms with Gasteiger partial charge in [0.1, 0.15) is 5.82 Å². The third-order valence-corrected chi connectivity index (χ3v) is 5.13. The number of aromatic nitrogens is 2. The molecule has 0 amide bonds. The van der Waals surface area contributed by atoms with Crippen LogP contribution in [0.15, 0.2) is 23.0 Å². The lowest BCUT2D eigenvalue weighted by Crippen LogP contribution is -2.37. The Labute approximate surface area is 150 Å². The first-order valence-corrected chi connectivity index (χ1v) is 9.61. The summed E-state index contributed by atoms with van der Waals surface area (Å²) >= 11 is 0. The van der Waals surface area contributed by atoms with Crippen molar-refractivity contribution in [3.8, 4) is 0 Å². The topological polar surface area (TPSA) is 50.2 Å². The van der Waals surface area contributed by atoms with Crippen LogP contribution in [0.1, 0.15) is 50.5 Å². The van der Waals surface area contributed by atoms with E-state index in [1.54, 1.807) is 0 Å². The van der Waals surface area contributed by atoms with Crippen molar-refractivity contribution < 1.29 is 0 Å². The lowest BCUT2D eigenvalue weighted by Gasteiger charge is -2.31. The maximum atomic E-state index is 13.1. The van der Waals surface area contributed by atoms with E-state index in [0.29, 0.717) is 6.54 Å². The number of nitrogens with zero attached hydrogens (tertiary/aromatic N) is 3. The van der Waals surface area contributed by atoms with E-state index >= 15 is 0 Å². The molecule has 0 radical (unpaired) electrons. The predicted octanol–water partition coefficient (Wildman–Crippen LogP) is 2.86. The molecule has 0 bridgehead atoms. The average Bonchev–Trinajstić information content (AvgIpc) is 2.89. The molecular weight excluding hydrogens is 312 g/mol. The number of hydrogen-bond donors (Lipinski definition) is 1. The summed E-state index contributed by atoms with van der Waals surface area (Å²) < 4.78 is 1.89. The van der Waals surface area contributed by atoms with Crippen LogP contribution in [0.25, 0.3) is 10.9 Å². The van der Waals surface area contributed by atoms with Gasteiger partial charge in [-0.3, -0.25) is 14.3 Å². The zero-order chi connectivity index (χ0) is 17.8. The van der Waals surface area contributed by atoms with Crippen molar-refractivity contribution in [2.45, 2.75) is 52.6 Å². The molecule has 2 heterocycles. The van der Waals surface area contributed by atoms with Crippen LogP contribution in [0.3, 0.4) is 0 Å². The van der Waals surface area contributed by atoms with Crippen molar-refractivity contribution in [1.29, 1.82) is 0 Å². The largest absolute Gasteiger partial charge is 0.315 e. The van der Waals surface area contributed by atoms with Gasteiger partial charge in [0, 0.05) is 26.2 Å². The molecule has 1 atom stereocenters. The molecule has 0 spiro atoms. The Morgan fingerprint density at radius 2 is 2.08 bits per heavy atom. The van der Waals surface area contributed by atoms with Gasteiger partial charge in [-0.15, -0.1) is 0 Å². The SMILES string of the molecule is CCCC(c1nc2ccc(C)cc2c(=O)n1CC)N1CCCNCC1. The maximum absolute atomic E-state index is 13.1. The van der Waals surface area contributed by atoms with Crippen LogP contribution in [0.2, 0.25) is 0 Å². The molecular formula is C20H30N4O. The fourth-order valence-corrected chi connectivity index (χ4v) is 3.84. The van der Waals surface area contributed by atoms with Gasteiger partial charge in [0.2, 0.25) is 0 Å². The normalized spacial score (nSPS) is 17.6. The predicted molar refractivity (Wildman–Crippen MR) is 103 cm³/mol. The van der Waals surface area contributed by atoms with Crippen LogP contribution in [0, 0.1) is 6.92 Å². The van der Waals surface area contributed by atoms with E-state index in [1.165, 1.54) is 0 Å². The molecule has 1 saturated heterocycles. The quantitative estimate of drug-likeness (QED) is 0.908. The Morgan fingerprint density at radius 1 is 1.24 bits per heavy atom. The van der Waals surface area contributed by atoms with E-state index in [9.17, 15) is 4.79 Å². The molecule has 0 aliphatic carbocycles. The molecule has 1 aliphatic heterocycles. The van der Waals surface area contributed by atoms with E-state index in [4.69, 9.17) is 4.98 Å². The second-order valence-corrected chi connectivity index (χ2v) is 6.98. The third-order valence-electron chi connectivity index (χ3n) is 5.13. The van der Waals surface area contributed by atoms with E-state index in [1.807, 2.05) is 36.6 Å². The second-order valence-electron chi connectivity index (χ2n) is 6.98. The fourth-order valence-electron chi connectivity index (χ4n) is 3.84. The number of fused-ring (bicyclic) bond motifs is 1. The molecule has 5 nitrogen and oxygen atoms in total. The number of benzene rings is 1. The summed E-state index contributed by atoms with van der Waals surface area (Å²) in [5.41, 5.74) is 2.02. The fraction of sp³-hybridized carbons (Fsp3) is 0.600. The van der Waals surface area contributed by atoms with Gasteiger partial charge in [-0.25, -0.2) is 4.98 Å². The van der Waals surface area contributed by atoms with E-state index in [0.717, 1.165) is 67.7 Å². The summed E-state index contributed by atoms with van der Waals surface area (Å²) in [7, 11) is 0. The second kappa shape index (κ2) is 8.11. The van der Waals surface area contributed by atoms with E-state index in [-0.39, 0.29) is 11.6 Å². The Hall–Kier alpha value is -1.72.